The van der Waals surface area contributed by atoms with Crippen LogP contribution in [-0.2, 0) is 6.54 Å². The van der Waals surface area contributed by atoms with Crippen LogP contribution < -0.4 is 0 Å². The standard InChI is InChI=1S/C18H24N2/c1-2-6-15(7-3-1)14-20-16-8-9-17(20)13-18(12-16)19-10-4-5-11-19/h1-3,6-7,12,16-17H,4-5,8-11,13-14H2/t16-,17+/m0/s1. The minimum atomic E-state index is 0.685. The van der Waals surface area contributed by atoms with Gasteiger partial charge in [0.25, 0.3) is 0 Å². The van der Waals surface area contributed by atoms with Gasteiger partial charge in [-0.3, -0.25) is 4.90 Å². The van der Waals surface area contributed by atoms with E-state index in [1.807, 2.05) is 0 Å². The number of benzene rings is 1. The van der Waals surface area contributed by atoms with Gasteiger partial charge in [0.1, 0.15) is 0 Å². The van der Waals surface area contributed by atoms with Gasteiger partial charge in [0, 0.05) is 43.8 Å². The fraction of sp³-hybridized carbons (Fsp3) is 0.556. The second-order valence-corrected chi connectivity index (χ2v) is 6.51. The van der Waals surface area contributed by atoms with E-state index in [0.29, 0.717) is 6.04 Å². The third-order valence-electron chi connectivity index (χ3n) is 5.24. The number of fused-ring (bicyclic) bond motifs is 2. The smallest absolute Gasteiger partial charge is 0.0305 e. The molecular weight excluding hydrogens is 244 g/mol. The Labute approximate surface area is 122 Å². The van der Waals surface area contributed by atoms with Crippen molar-refractivity contribution in [2.75, 3.05) is 13.1 Å². The lowest BCUT2D eigenvalue weighted by Gasteiger charge is -2.37. The molecule has 2 atom stereocenters. The zero-order chi connectivity index (χ0) is 13.4. The van der Waals surface area contributed by atoms with Crippen molar-refractivity contribution in [3.63, 3.8) is 0 Å². The van der Waals surface area contributed by atoms with Gasteiger partial charge in [-0.25, -0.2) is 0 Å². The van der Waals surface area contributed by atoms with Crippen molar-refractivity contribution in [3.05, 3.63) is 47.7 Å². The molecule has 20 heavy (non-hydrogen) atoms. The Bertz CT molecular complexity index is 487. The average Bonchev–Trinajstić information content (AvgIpc) is 3.08. The van der Waals surface area contributed by atoms with Crippen LogP contribution in [-0.4, -0.2) is 35.0 Å². The highest BCUT2D eigenvalue weighted by Gasteiger charge is 2.37. The topological polar surface area (TPSA) is 6.48 Å². The summed E-state index contributed by atoms with van der Waals surface area (Å²) in [6.07, 6.45) is 9.38. The van der Waals surface area contributed by atoms with E-state index in [1.54, 1.807) is 5.70 Å². The van der Waals surface area contributed by atoms with Gasteiger partial charge >= 0.3 is 0 Å². The first-order valence-corrected chi connectivity index (χ1v) is 8.15. The molecule has 1 aromatic carbocycles. The summed E-state index contributed by atoms with van der Waals surface area (Å²) in [5.41, 5.74) is 3.11. The van der Waals surface area contributed by atoms with Crippen LogP contribution in [0.25, 0.3) is 0 Å². The summed E-state index contributed by atoms with van der Waals surface area (Å²) in [4.78, 5) is 5.38. The molecule has 0 radical (unpaired) electrons. The molecule has 0 saturated carbocycles. The van der Waals surface area contributed by atoms with Gasteiger partial charge in [-0.2, -0.15) is 0 Å². The Morgan fingerprint density at radius 3 is 2.55 bits per heavy atom. The molecule has 2 heteroatoms. The normalized spacial score (nSPS) is 29.8. The summed E-state index contributed by atoms with van der Waals surface area (Å²) in [6, 6.07) is 12.4. The van der Waals surface area contributed by atoms with Crippen molar-refractivity contribution in [2.24, 2.45) is 0 Å². The lowest BCUT2D eigenvalue weighted by molar-refractivity contribution is 0.180. The quantitative estimate of drug-likeness (QED) is 0.829. The zero-order valence-electron chi connectivity index (χ0n) is 12.2. The van der Waals surface area contributed by atoms with Crippen molar-refractivity contribution in [2.45, 2.75) is 50.7 Å². The van der Waals surface area contributed by atoms with Crippen LogP contribution in [0.4, 0.5) is 0 Å². The molecule has 0 amide bonds. The van der Waals surface area contributed by atoms with E-state index < -0.39 is 0 Å². The summed E-state index contributed by atoms with van der Waals surface area (Å²) in [6.45, 7) is 3.72. The lowest BCUT2D eigenvalue weighted by atomic mass is 10.0. The molecule has 2 fully saturated rings. The highest BCUT2D eigenvalue weighted by atomic mass is 15.2. The molecule has 2 saturated heterocycles. The lowest BCUT2D eigenvalue weighted by Crippen LogP contribution is -2.40. The number of likely N-dealkylation sites (tertiary alicyclic amines) is 1. The molecule has 106 valence electrons. The molecule has 2 bridgehead atoms. The Balaban J connectivity index is 1.50. The second kappa shape index (κ2) is 5.25. The van der Waals surface area contributed by atoms with E-state index in [4.69, 9.17) is 0 Å². The molecular formula is C18H24N2. The predicted octanol–water partition coefficient (Wildman–Crippen LogP) is 3.40. The first kappa shape index (κ1) is 12.5. The summed E-state index contributed by atoms with van der Waals surface area (Å²) in [5, 5.41) is 0. The molecule has 1 aromatic rings. The third-order valence-corrected chi connectivity index (χ3v) is 5.24. The molecule has 0 aliphatic carbocycles. The fourth-order valence-corrected chi connectivity index (χ4v) is 4.17. The van der Waals surface area contributed by atoms with Crippen LogP contribution in [0.5, 0.6) is 0 Å². The minimum absolute atomic E-state index is 0.685. The van der Waals surface area contributed by atoms with Crippen LogP contribution in [0, 0.1) is 0 Å². The van der Waals surface area contributed by atoms with Gasteiger partial charge < -0.3 is 4.90 Å². The molecule has 3 aliphatic heterocycles. The van der Waals surface area contributed by atoms with Gasteiger partial charge in [0.05, 0.1) is 0 Å². The van der Waals surface area contributed by atoms with Crippen molar-refractivity contribution in [1.29, 1.82) is 0 Å². The molecule has 0 spiro atoms. The largest absolute Gasteiger partial charge is 0.375 e. The zero-order valence-corrected chi connectivity index (χ0v) is 12.2. The number of rotatable bonds is 3. The van der Waals surface area contributed by atoms with Crippen LogP contribution in [0.1, 0.15) is 37.7 Å². The number of hydrogen-bond donors (Lipinski definition) is 0. The van der Waals surface area contributed by atoms with Gasteiger partial charge in [-0.05, 0) is 37.3 Å². The number of nitrogens with zero attached hydrogens (tertiary/aromatic N) is 2. The van der Waals surface area contributed by atoms with Crippen LogP contribution in [0.2, 0.25) is 0 Å². The SMILES string of the molecule is C1=C(N2CCCC2)C[C@H]2CC[C@@H]1N2Cc1ccccc1. The van der Waals surface area contributed by atoms with Gasteiger partial charge in [0.2, 0.25) is 0 Å². The molecule has 3 heterocycles. The van der Waals surface area contributed by atoms with Crippen LogP contribution in [0.3, 0.4) is 0 Å². The van der Waals surface area contributed by atoms with E-state index in [9.17, 15) is 0 Å². The van der Waals surface area contributed by atoms with Crippen molar-refractivity contribution >= 4 is 0 Å². The van der Waals surface area contributed by atoms with E-state index in [2.05, 4.69) is 46.2 Å². The van der Waals surface area contributed by atoms with E-state index in [-0.39, 0.29) is 0 Å². The maximum absolute atomic E-state index is 2.73. The Kier molecular flexibility index (Phi) is 3.27. The van der Waals surface area contributed by atoms with Crippen molar-refractivity contribution in [3.8, 4) is 0 Å². The molecule has 3 aliphatic rings. The molecule has 0 aromatic heterocycles. The Hall–Kier alpha value is -1.28. The first-order valence-electron chi connectivity index (χ1n) is 8.15. The number of hydrogen-bond acceptors (Lipinski definition) is 2. The Morgan fingerprint density at radius 1 is 1.00 bits per heavy atom. The van der Waals surface area contributed by atoms with E-state index in [1.165, 1.54) is 50.8 Å². The van der Waals surface area contributed by atoms with Crippen LogP contribution >= 0.6 is 0 Å². The maximum atomic E-state index is 2.73. The molecule has 0 unspecified atom stereocenters. The Morgan fingerprint density at radius 2 is 1.80 bits per heavy atom. The van der Waals surface area contributed by atoms with Crippen molar-refractivity contribution in [1.82, 2.24) is 9.80 Å². The highest BCUT2D eigenvalue weighted by Crippen LogP contribution is 2.37. The summed E-state index contributed by atoms with van der Waals surface area (Å²) < 4.78 is 0. The highest BCUT2D eigenvalue weighted by molar-refractivity contribution is 5.21. The van der Waals surface area contributed by atoms with Gasteiger partial charge in [-0.15, -0.1) is 0 Å². The summed E-state index contributed by atoms with van der Waals surface area (Å²) in [7, 11) is 0. The predicted molar refractivity (Wildman–Crippen MR) is 82.3 cm³/mol. The molecule has 2 nitrogen and oxygen atoms in total. The van der Waals surface area contributed by atoms with Crippen molar-refractivity contribution < 1.29 is 0 Å². The summed E-state index contributed by atoms with van der Waals surface area (Å²) >= 11 is 0. The molecule has 0 N–H and O–H groups in total. The fourth-order valence-electron chi connectivity index (χ4n) is 4.17. The van der Waals surface area contributed by atoms with E-state index in [0.717, 1.165) is 12.6 Å². The van der Waals surface area contributed by atoms with Gasteiger partial charge in [-0.1, -0.05) is 30.3 Å². The van der Waals surface area contributed by atoms with Crippen LogP contribution in [0.15, 0.2) is 42.1 Å². The first-order chi connectivity index (χ1) is 9.90. The maximum Gasteiger partial charge on any atom is 0.0305 e. The minimum Gasteiger partial charge on any atom is -0.375 e. The summed E-state index contributed by atoms with van der Waals surface area (Å²) in [5.74, 6) is 0. The second-order valence-electron chi connectivity index (χ2n) is 6.51. The molecule has 4 rings (SSSR count). The van der Waals surface area contributed by atoms with Gasteiger partial charge in [0.15, 0.2) is 0 Å². The monoisotopic (exact) mass is 268 g/mol. The third kappa shape index (κ3) is 2.26. The average molecular weight is 268 g/mol. The van der Waals surface area contributed by atoms with E-state index >= 15 is 0 Å².